The van der Waals surface area contributed by atoms with E-state index in [0.717, 1.165) is 14.0 Å². The lowest BCUT2D eigenvalue weighted by molar-refractivity contribution is 0.374. The Balaban J connectivity index is 1.64. The Morgan fingerprint density at radius 2 is 1.80 bits per heavy atom. The lowest BCUT2D eigenvalue weighted by atomic mass is 10.2. The molecule has 5 aromatic rings. The zero-order valence-corrected chi connectivity index (χ0v) is 23.2. The molecule has 0 amide bonds. The summed E-state index contributed by atoms with van der Waals surface area (Å²) in [5, 5.41) is 8.18. The van der Waals surface area contributed by atoms with E-state index in [1.807, 2.05) is 6.20 Å². The first kappa shape index (κ1) is 27.0. The third kappa shape index (κ3) is 5.03. The molecule has 0 bridgehead atoms. The van der Waals surface area contributed by atoms with Crippen LogP contribution < -0.4 is 14.4 Å². The largest absolute Gasteiger partial charge is 0.497 e. The fourth-order valence-electron chi connectivity index (χ4n) is 3.94. The highest BCUT2D eigenvalue weighted by Gasteiger charge is 2.24. The maximum absolute atomic E-state index is 15.7. The Morgan fingerprint density at radius 1 is 1.00 bits per heavy atom. The maximum atomic E-state index is 15.7. The molecule has 208 valence electrons. The van der Waals surface area contributed by atoms with Gasteiger partial charge in [0.15, 0.2) is 17.2 Å². The third-order valence-corrected chi connectivity index (χ3v) is 7.66. The van der Waals surface area contributed by atoms with Crippen LogP contribution >= 0.6 is 0 Å². The van der Waals surface area contributed by atoms with Crippen LogP contribution in [0, 0.1) is 5.82 Å². The van der Waals surface area contributed by atoms with Gasteiger partial charge in [-0.3, -0.25) is 9.67 Å². The van der Waals surface area contributed by atoms with Gasteiger partial charge in [-0.25, -0.2) is 14.4 Å². The van der Waals surface area contributed by atoms with E-state index >= 15 is 4.39 Å². The molecule has 0 spiro atoms. The van der Waals surface area contributed by atoms with Crippen molar-refractivity contribution in [2.75, 3.05) is 33.2 Å². The average molecular weight is 568 g/mol. The number of rotatable bonds is 9. The van der Waals surface area contributed by atoms with E-state index in [4.69, 9.17) is 14.5 Å². The summed E-state index contributed by atoms with van der Waals surface area (Å²) in [5.41, 5.74) is 2.75. The highest BCUT2D eigenvalue weighted by molar-refractivity contribution is 7.87. The molecule has 0 saturated carbocycles. The summed E-state index contributed by atoms with van der Waals surface area (Å²) in [7, 11) is 3.58. The molecular weight excluding hydrogens is 541 g/mol. The standard InChI is InChI=1S/C25H26FN9O4S/c1-32(2)40(36,37)35-14-16(10-29-35)13-34(21-8-18(38-4)9-22(39-5)24(21)26)23-7-6-19-25(31-23)30-20(12-27-19)17-11-28-33(3)15-17/h6-12,14-15H,13H2,1-5H3. The summed E-state index contributed by atoms with van der Waals surface area (Å²) < 4.78 is 55.0. The number of halogens is 1. The molecule has 0 saturated heterocycles. The van der Waals surface area contributed by atoms with Gasteiger partial charge >= 0.3 is 10.2 Å². The maximum Gasteiger partial charge on any atom is 0.322 e. The van der Waals surface area contributed by atoms with Crippen LogP contribution in [0.1, 0.15) is 5.56 Å². The van der Waals surface area contributed by atoms with Crippen LogP contribution in [0.15, 0.2) is 55.2 Å². The number of fused-ring (bicyclic) bond motifs is 1. The molecule has 0 fully saturated rings. The van der Waals surface area contributed by atoms with Crippen molar-refractivity contribution in [1.82, 2.24) is 38.2 Å². The van der Waals surface area contributed by atoms with Gasteiger partial charge < -0.3 is 14.4 Å². The summed E-state index contributed by atoms with van der Waals surface area (Å²) in [6, 6.07) is 6.33. The second kappa shape index (κ2) is 10.5. The van der Waals surface area contributed by atoms with E-state index in [-0.39, 0.29) is 18.0 Å². The van der Waals surface area contributed by atoms with Crippen molar-refractivity contribution < 1.29 is 22.3 Å². The molecule has 5 rings (SSSR count). The summed E-state index contributed by atoms with van der Waals surface area (Å²) in [5.74, 6) is -0.0236. The minimum atomic E-state index is -3.84. The smallest absolute Gasteiger partial charge is 0.322 e. The second-order valence-corrected chi connectivity index (χ2v) is 10.9. The van der Waals surface area contributed by atoms with Crippen LogP contribution in [0.5, 0.6) is 11.5 Å². The molecule has 0 atom stereocenters. The number of anilines is 2. The van der Waals surface area contributed by atoms with Crippen molar-refractivity contribution in [3.05, 3.63) is 66.6 Å². The van der Waals surface area contributed by atoms with Crippen LogP contribution in [0.3, 0.4) is 0 Å². The number of methoxy groups -OCH3 is 2. The molecule has 0 unspecified atom stereocenters. The van der Waals surface area contributed by atoms with Gasteiger partial charge in [-0.05, 0) is 12.1 Å². The molecule has 1 aromatic carbocycles. The van der Waals surface area contributed by atoms with Gasteiger partial charge in [-0.2, -0.15) is 27.0 Å². The van der Waals surface area contributed by atoms with E-state index in [0.29, 0.717) is 34.0 Å². The quantitative estimate of drug-likeness (QED) is 0.262. The minimum absolute atomic E-state index is 0.00439. The molecule has 0 aliphatic heterocycles. The molecule has 4 aromatic heterocycles. The topological polar surface area (TPSA) is 133 Å². The lowest BCUT2D eigenvalue weighted by Gasteiger charge is -2.25. The molecule has 13 nitrogen and oxygen atoms in total. The normalized spacial score (nSPS) is 11.8. The minimum Gasteiger partial charge on any atom is -0.497 e. The Morgan fingerprint density at radius 3 is 2.48 bits per heavy atom. The summed E-state index contributed by atoms with van der Waals surface area (Å²) in [4.78, 5) is 15.4. The van der Waals surface area contributed by atoms with Crippen LogP contribution in [0.2, 0.25) is 0 Å². The molecule has 4 heterocycles. The molecular formula is C25H26FN9O4S. The van der Waals surface area contributed by atoms with Crippen molar-refractivity contribution in [2.24, 2.45) is 7.05 Å². The van der Waals surface area contributed by atoms with Gasteiger partial charge in [0.2, 0.25) is 0 Å². The van der Waals surface area contributed by atoms with Crippen molar-refractivity contribution >= 4 is 32.9 Å². The Kier molecular flexibility index (Phi) is 7.08. The van der Waals surface area contributed by atoms with E-state index < -0.39 is 16.0 Å². The van der Waals surface area contributed by atoms with Gasteiger partial charge in [-0.1, -0.05) is 0 Å². The second-order valence-electron chi connectivity index (χ2n) is 8.93. The van der Waals surface area contributed by atoms with Crippen molar-refractivity contribution in [3.63, 3.8) is 0 Å². The van der Waals surface area contributed by atoms with E-state index in [9.17, 15) is 8.42 Å². The number of aryl methyl sites for hydroxylation is 1. The molecule has 40 heavy (non-hydrogen) atoms. The van der Waals surface area contributed by atoms with Crippen LogP contribution in [0.4, 0.5) is 15.9 Å². The zero-order chi connectivity index (χ0) is 28.6. The van der Waals surface area contributed by atoms with Crippen molar-refractivity contribution in [1.29, 1.82) is 0 Å². The number of nitrogens with zero attached hydrogens (tertiary/aromatic N) is 9. The fourth-order valence-corrected chi connectivity index (χ4v) is 4.71. The Hall–Kier alpha value is -4.63. The predicted molar refractivity (Wildman–Crippen MR) is 145 cm³/mol. The molecule has 0 radical (unpaired) electrons. The predicted octanol–water partition coefficient (Wildman–Crippen LogP) is 2.77. The average Bonchev–Trinajstić information content (AvgIpc) is 3.61. The number of ether oxygens (including phenoxy) is 2. The van der Waals surface area contributed by atoms with E-state index in [1.165, 1.54) is 52.8 Å². The highest BCUT2D eigenvalue weighted by atomic mass is 32.2. The molecule has 0 aliphatic carbocycles. The van der Waals surface area contributed by atoms with Gasteiger partial charge in [0.25, 0.3) is 0 Å². The number of hydrogen-bond donors (Lipinski definition) is 0. The first-order chi connectivity index (χ1) is 19.1. The van der Waals surface area contributed by atoms with Crippen LogP contribution in [-0.2, 0) is 23.8 Å². The number of pyridine rings is 1. The number of hydrogen-bond acceptors (Lipinski definition) is 10. The number of benzene rings is 1. The van der Waals surface area contributed by atoms with Gasteiger partial charge in [0.1, 0.15) is 17.1 Å². The van der Waals surface area contributed by atoms with E-state index in [2.05, 4.69) is 20.2 Å². The zero-order valence-electron chi connectivity index (χ0n) is 22.3. The van der Waals surface area contributed by atoms with Gasteiger partial charge in [0, 0.05) is 56.8 Å². The molecule has 0 aliphatic rings. The summed E-state index contributed by atoms with van der Waals surface area (Å²) in [6.07, 6.45) is 7.86. The first-order valence-electron chi connectivity index (χ1n) is 11.9. The summed E-state index contributed by atoms with van der Waals surface area (Å²) in [6.45, 7) is 0.00439. The molecule has 15 heteroatoms. The van der Waals surface area contributed by atoms with Gasteiger partial charge in [-0.15, -0.1) is 0 Å². The fraction of sp³-hybridized carbons (Fsp3) is 0.240. The third-order valence-electron chi connectivity index (χ3n) is 6.06. The summed E-state index contributed by atoms with van der Waals surface area (Å²) >= 11 is 0. The highest BCUT2D eigenvalue weighted by Crippen LogP contribution is 2.37. The van der Waals surface area contributed by atoms with Crippen LogP contribution in [0.25, 0.3) is 22.4 Å². The SMILES string of the molecule is COc1cc(OC)c(F)c(N(Cc2cnn(S(=O)(=O)N(C)C)c2)c2ccc3ncc(-c4cnn(C)c4)nc3n2)c1. The first-order valence-corrected chi connectivity index (χ1v) is 13.3. The van der Waals surface area contributed by atoms with Crippen molar-refractivity contribution in [3.8, 4) is 22.8 Å². The number of aromatic nitrogens is 7. The molecule has 0 N–H and O–H groups in total. The lowest BCUT2D eigenvalue weighted by Crippen LogP contribution is -2.29. The monoisotopic (exact) mass is 567 g/mol. The Bertz CT molecular complexity index is 1800. The van der Waals surface area contributed by atoms with Crippen LogP contribution in [-0.4, -0.2) is 75.0 Å². The Labute approximate surface area is 229 Å². The van der Waals surface area contributed by atoms with Gasteiger partial charge in [0.05, 0.1) is 50.7 Å². The van der Waals surface area contributed by atoms with Crippen molar-refractivity contribution in [2.45, 2.75) is 6.54 Å². The van der Waals surface area contributed by atoms with E-state index in [1.54, 1.807) is 41.2 Å².